The number of amides is 1. The van der Waals surface area contributed by atoms with E-state index in [9.17, 15) is 9.59 Å². The molecule has 5 heteroatoms. The van der Waals surface area contributed by atoms with Crippen LogP contribution in [0.4, 0.5) is 0 Å². The van der Waals surface area contributed by atoms with Gasteiger partial charge in [0.2, 0.25) is 0 Å². The van der Waals surface area contributed by atoms with E-state index in [1.165, 1.54) is 0 Å². The molecule has 2 N–H and O–H groups in total. The van der Waals surface area contributed by atoms with Crippen LogP contribution in [0.3, 0.4) is 0 Å². The molecule has 1 unspecified atom stereocenters. The maximum absolute atomic E-state index is 11.9. The minimum absolute atomic E-state index is 0.0778. The van der Waals surface area contributed by atoms with E-state index in [4.69, 9.17) is 5.11 Å². The van der Waals surface area contributed by atoms with Crippen molar-refractivity contribution in [3.8, 4) is 0 Å². The highest BCUT2D eigenvalue weighted by Gasteiger charge is 2.12. The van der Waals surface area contributed by atoms with Crippen molar-refractivity contribution < 1.29 is 14.7 Å². The second-order valence-corrected chi connectivity index (χ2v) is 5.14. The van der Waals surface area contributed by atoms with Gasteiger partial charge in [0.1, 0.15) is 5.69 Å². The van der Waals surface area contributed by atoms with Gasteiger partial charge in [0.25, 0.3) is 5.91 Å². The summed E-state index contributed by atoms with van der Waals surface area (Å²) in [6.45, 7) is 2.69. The van der Waals surface area contributed by atoms with Gasteiger partial charge >= 0.3 is 5.97 Å². The van der Waals surface area contributed by atoms with Crippen LogP contribution in [-0.4, -0.2) is 28.1 Å². The molecule has 1 aromatic heterocycles. The smallest absolute Gasteiger partial charge is 0.303 e. The molecular weight excluding hydrogens is 256 g/mol. The summed E-state index contributed by atoms with van der Waals surface area (Å²) in [5, 5.41) is 11.6. The van der Waals surface area contributed by atoms with Crippen LogP contribution in [0.1, 0.15) is 49.5 Å². The van der Waals surface area contributed by atoms with E-state index in [1.807, 2.05) is 19.3 Å². The zero-order valence-electron chi connectivity index (χ0n) is 12.3. The normalized spacial score (nSPS) is 12.1. The number of nitrogens with one attached hydrogen (secondary N) is 1. The highest BCUT2D eigenvalue weighted by molar-refractivity contribution is 5.92. The van der Waals surface area contributed by atoms with Crippen LogP contribution in [0.5, 0.6) is 0 Å². The molecule has 112 valence electrons. The standard InChI is InChI=1S/C15H24N2O3/c1-3-5-12(7-8-14(18)19)9-10-16-15(20)13-6-4-11-17(13)2/h4,6,11-12H,3,5,7-10H2,1-2H3,(H,16,20)(H,18,19). The molecule has 20 heavy (non-hydrogen) atoms. The van der Waals surface area contributed by atoms with E-state index in [1.54, 1.807) is 10.6 Å². The monoisotopic (exact) mass is 280 g/mol. The zero-order chi connectivity index (χ0) is 15.0. The number of aliphatic carboxylic acids is 1. The summed E-state index contributed by atoms with van der Waals surface area (Å²) in [5.41, 5.74) is 0.641. The van der Waals surface area contributed by atoms with Gasteiger partial charge in [0.05, 0.1) is 0 Å². The number of carboxylic acid groups (broad SMARTS) is 1. The van der Waals surface area contributed by atoms with Crippen LogP contribution in [0.25, 0.3) is 0 Å². The van der Waals surface area contributed by atoms with Crippen LogP contribution in [0.15, 0.2) is 18.3 Å². The van der Waals surface area contributed by atoms with Crippen LogP contribution in [0, 0.1) is 5.92 Å². The number of hydrogen-bond acceptors (Lipinski definition) is 2. The van der Waals surface area contributed by atoms with Crippen LogP contribution < -0.4 is 5.32 Å². The van der Waals surface area contributed by atoms with Crippen molar-refractivity contribution in [2.24, 2.45) is 13.0 Å². The first-order valence-electron chi connectivity index (χ1n) is 7.16. The molecule has 5 nitrogen and oxygen atoms in total. The Morgan fingerprint density at radius 2 is 2.10 bits per heavy atom. The van der Waals surface area contributed by atoms with Crippen molar-refractivity contribution in [1.29, 1.82) is 0 Å². The third-order valence-electron chi connectivity index (χ3n) is 3.48. The molecule has 0 radical (unpaired) electrons. The van der Waals surface area contributed by atoms with Gasteiger partial charge in [-0.2, -0.15) is 0 Å². The van der Waals surface area contributed by atoms with E-state index >= 15 is 0 Å². The lowest BCUT2D eigenvalue weighted by atomic mass is 9.94. The third-order valence-corrected chi connectivity index (χ3v) is 3.48. The number of aryl methyl sites for hydroxylation is 1. The predicted molar refractivity (Wildman–Crippen MR) is 77.6 cm³/mol. The number of aromatic nitrogens is 1. The summed E-state index contributed by atoms with van der Waals surface area (Å²) in [6.07, 6.45) is 5.60. The number of nitrogens with zero attached hydrogens (tertiary/aromatic N) is 1. The molecule has 0 saturated heterocycles. The average molecular weight is 280 g/mol. The van der Waals surface area contributed by atoms with Crippen molar-refractivity contribution >= 4 is 11.9 Å². The topological polar surface area (TPSA) is 71.3 Å². The van der Waals surface area contributed by atoms with Gasteiger partial charge in [-0.3, -0.25) is 9.59 Å². The number of carboxylic acids is 1. The van der Waals surface area contributed by atoms with Gasteiger partial charge < -0.3 is 15.0 Å². The summed E-state index contributed by atoms with van der Waals surface area (Å²) in [6, 6.07) is 3.62. The SMILES string of the molecule is CCCC(CCNC(=O)c1cccn1C)CCC(=O)O. The van der Waals surface area contributed by atoms with E-state index in [2.05, 4.69) is 12.2 Å². The summed E-state index contributed by atoms with van der Waals surface area (Å²) in [7, 11) is 1.83. The second kappa shape index (κ2) is 8.40. The van der Waals surface area contributed by atoms with Gasteiger partial charge in [-0.25, -0.2) is 0 Å². The van der Waals surface area contributed by atoms with E-state index in [0.717, 1.165) is 19.3 Å². The zero-order valence-corrected chi connectivity index (χ0v) is 12.3. The largest absolute Gasteiger partial charge is 0.481 e. The molecular formula is C15H24N2O3. The van der Waals surface area contributed by atoms with Crippen molar-refractivity contribution in [2.45, 2.75) is 39.0 Å². The highest BCUT2D eigenvalue weighted by atomic mass is 16.4. The van der Waals surface area contributed by atoms with Gasteiger partial charge in [0.15, 0.2) is 0 Å². The van der Waals surface area contributed by atoms with Crippen LogP contribution in [-0.2, 0) is 11.8 Å². The Kier molecular flexibility index (Phi) is 6.84. The molecule has 0 saturated carbocycles. The lowest BCUT2D eigenvalue weighted by Crippen LogP contribution is -2.27. The summed E-state index contributed by atoms with van der Waals surface area (Å²) < 4.78 is 1.78. The van der Waals surface area contributed by atoms with E-state index in [-0.39, 0.29) is 12.3 Å². The first kappa shape index (κ1) is 16.3. The molecule has 1 amide bonds. The lowest BCUT2D eigenvalue weighted by molar-refractivity contribution is -0.137. The minimum Gasteiger partial charge on any atom is -0.481 e. The van der Waals surface area contributed by atoms with Crippen molar-refractivity contribution in [3.05, 3.63) is 24.0 Å². The van der Waals surface area contributed by atoms with Gasteiger partial charge in [-0.15, -0.1) is 0 Å². The third kappa shape index (κ3) is 5.47. The first-order valence-corrected chi connectivity index (χ1v) is 7.16. The lowest BCUT2D eigenvalue weighted by Gasteiger charge is -2.15. The first-order chi connectivity index (χ1) is 9.54. The van der Waals surface area contributed by atoms with Crippen LogP contribution >= 0.6 is 0 Å². The summed E-state index contributed by atoms with van der Waals surface area (Å²) in [4.78, 5) is 22.5. The fourth-order valence-electron chi connectivity index (χ4n) is 2.35. The molecule has 0 aliphatic rings. The Hall–Kier alpha value is -1.78. The molecule has 0 bridgehead atoms. The Labute approximate surface area is 120 Å². The molecule has 1 heterocycles. The molecule has 0 aliphatic carbocycles. The van der Waals surface area contributed by atoms with Crippen molar-refractivity contribution in [2.75, 3.05) is 6.54 Å². The van der Waals surface area contributed by atoms with E-state index in [0.29, 0.717) is 24.6 Å². The number of carbonyl (C=O) groups excluding carboxylic acids is 1. The quantitative estimate of drug-likeness (QED) is 0.729. The molecule has 0 spiro atoms. The molecule has 1 aromatic rings. The summed E-state index contributed by atoms with van der Waals surface area (Å²) >= 11 is 0. The molecule has 1 atom stereocenters. The van der Waals surface area contributed by atoms with Crippen molar-refractivity contribution in [1.82, 2.24) is 9.88 Å². The Morgan fingerprint density at radius 1 is 1.35 bits per heavy atom. The predicted octanol–water partition coefficient (Wildman–Crippen LogP) is 2.43. The van der Waals surface area contributed by atoms with Gasteiger partial charge in [0, 0.05) is 26.2 Å². The van der Waals surface area contributed by atoms with Gasteiger partial charge in [-0.05, 0) is 30.9 Å². The average Bonchev–Trinajstić information content (AvgIpc) is 2.82. The minimum atomic E-state index is -0.751. The van der Waals surface area contributed by atoms with Crippen LogP contribution in [0.2, 0.25) is 0 Å². The fraction of sp³-hybridized carbons (Fsp3) is 0.600. The Balaban J connectivity index is 2.34. The number of carbonyl (C=O) groups is 2. The molecule has 0 aliphatic heterocycles. The number of rotatable bonds is 9. The maximum Gasteiger partial charge on any atom is 0.303 e. The highest BCUT2D eigenvalue weighted by Crippen LogP contribution is 2.17. The molecule has 0 aromatic carbocycles. The maximum atomic E-state index is 11.9. The van der Waals surface area contributed by atoms with Crippen molar-refractivity contribution in [3.63, 3.8) is 0 Å². The van der Waals surface area contributed by atoms with Gasteiger partial charge in [-0.1, -0.05) is 19.8 Å². The Bertz CT molecular complexity index is 440. The molecule has 1 rings (SSSR count). The second-order valence-electron chi connectivity index (χ2n) is 5.14. The number of hydrogen-bond donors (Lipinski definition) is 2. The summed E-state index contributed by atoms with van der Waals surface area (Å²) in [5.74, 6) is -0.463. The Morgan fingerprint density at radius 3 is 2.65 bits per heavy atom. The molecule has 0 fully saturated rings. The van der Waals surface area contributed by atoms with E-state index < -0.39 is 5.97 Å². The fourth-order valence-corrected chi connectivity index (χ4v) is 2.35.